The summed E-state index contributed by atoms with van der Waals surface area (Å²) in [5.74, 6) is -0.256. The van der Waals surface area contributed by atoms with Crippen LogP contribution in [0.5, 0.6) is 0 Å². The van der Waals surface area contributed by atoms with Crippen LogP contribution in [0, 0.1) is 0 Å². The average Bonchev–Trinajstić information content (AvgIpc) is 2.66. The highest BCUT2D eigenvalue weighted by Crippen LogP contribution is 2.17. The van der Waals surface area contributed by atoms with Gasteiger partial charge in [-0.15, -0.1) is 0 Å². The zero-order valence-corrected chi connectivity index (χ0v) is 15.4. The number of aryl methyl sites for hydroxylation is 1. The Hall–Kier alpha value is -2.37. The van der Waals surface area contributed by atoms with E-state index in [4.69, 9.17) is 0 Å². The SMILES string of the molecule is CCCCn1c(=O)n(CC(=O)NC2CCCCC2)c(=O)c2ccccc21. The van der Waals surface area contributed by atoms with Gasteiger partial charge < -0.3 is 5.32 Å². The fourth-order valence-electron chi connectivity index (χ4n) is 3.71. The van der Waals surface area contributed by atoms with E-state index in [9.17, 15) is 14.4 Å². The molecule has 1 aliphatic rings. The number of aromatic nitrogens is 2. The van der Waals surface area contributed by atoms with E-state index in [1.165, 1.54) is 6.42 Å². The molecule has 140 valence electrons. The largest absolute Gasteiger partial charge is 0.352 e. The molecule has 0 spiro atoms. The summed E-state index contributed by atoms with van der Waals surface area (Å²) >= 11 is 0. The van der Waals surface area contributed by atoms with E-state index in [2.05, 4.69) is 12.2 Å². The Balaban J connectivity index is 1.93. The second-order valence-electron chi connectivity index (χ2n) is 7.10. The third-order valence-electron chi connectivity index (χ3n) is 5.14. The van der Waals surface area contributed by atoms with Crippen molar-refractivity contribution in [2.24, 2.45) is 0 Å². The molecule has 0 bridgehead atoms. The first-order valence-corrected chi connectivity index (χ1v) is 9.63. The van der Waals surface area contributed by atoms with Gasteiger partial charge in [-0.25, -0.2) is 4.79 Å². The summed E-state index contributed by atoms with van der Waals surface area (Å²) in [5, 5.41) is 3.47. The summed E-state index contributed by atoms with van der Waals surface area (Å²) in [6.07, 6.45) is 7.17. The predicted octanol–water partition coefficient (Wildman–Crippen LogP) is 2.41. The van der Waals surface area contributed by atoms with Crippen LogP contribution >= 0.6 is 0 Å². The van der Waals surface area contributed by atoms with Crippen LogP contribution < -0.4 is 16.6 Å². The molecular weight excluding hydrogens is 330 g/mol. The summed E-state index contributed by atoms with van der Waals surface area (Å²) in [7, 11) is 0. The summed E-state index contributed by atoms with van der Waals surface area (Å²) in [6.45, 7) is 2.38. The third kappa shape index (κ3) is 3.89. The molecule has 26 heavy (non-hydrogen) atoms. The monoisotopic (exact) mass is 357 g/mol. The number of carbonyl (C=O) groups is 1. The molecule has 3 rings (SSSR count). The molecule has 0 unspecified atom stereocenters. The zero-order chi connectivity index (χ0) is 18.5. The van der Waals surface area contributed by atoms with Crippen LogP contribution in [-0.2, 0) is 17.9 Å². The fourth-order valence-corrected chi connectivity index (χ4v) is 3.71. The molecule has 6 nitrogen and oxygen atoms in total. The van der Waals surface area contributed by atoms with Crippen molar-refractivity contribution >= 4 is 16.8 Å². The first-order chi connectivity index (χ1) is 12.6. The number of rotatable bonds is 6. The topological polar surface area (TPSA) is 73.1 Å². The highest BCUT2D eigenvalue weighted by Gasteiger charge is 2.18. The van der Waals surface area contributed by atoms with Crippen LogP contribution in [0.2, 0.25) is 0 Å². The van der Waals surface area contributed by atoms with Crippen LogP contribution in [0.15, 0.2) is 33.9 Å². The predicted molar refractivity (Wildman–Crippen MR) is 102 cm³/mol. The third-order valence-corrected chi connectivity index (χ3v) is 5.14. The van der Waals surface area contributed by atoms with Gasteiger partial charge in [0.15, 0.2) is 0 Å². The Morgan fingerprint density at radius 2 is 1.85 bits per heavy atom. The van der Waals surface area contributed by atoms with E-state index in [0.29, 0.717) is 17.4 Å². The van der Waals surface area contributed by atoms with Crippen molar-refractivity contribution in [2.45, 2.75) is 71.0 Å². The highest BCUT2D eigenvalue weighted by molar-refractivity contribution is 5.79. The van der Waals surface area contributed by atoms with Crippen LogP contribution in [0.4, 0.5) is 0 Å². The Kier molecular flexibility index (Phi) is 5.91. The number of nitrogens with one attached hydrogen (secondary N) is 1. The van der Waals surface area contributed by atoms with E-state index >= 15 is 0 Å². The zero-order valence-electron chi connectivity index (χ0n) is 15.4. The minimum atomic E-state index is -0.402. The Labute approximate surface area is 152 Å². The number of benzene rings is 1. The van der Waals surface area contributed by atoms with Crippen molar-refractivity contribution in [2.75, 3.05) is 0 Å². The van der Waals surface area contributed by atoms with Crippen molar-refractivity contribution < 1.29 is 4.79 Å². The van der Waals surface area contributed by atoms with Gasteiger partial charge in [0.2, 0.25) is 5.91 Å². The highest BCUT2D eigenvalue weighted by atomic mass is 16.2. The second kappa shape index (κ2) is 8.34. The lowest BCUT2D eigenvalue weighted by Crippen LogP contribution is -2.46. The summed E-state index contributed by atoms with van der Waals surface area (Å²) in [5.41, 5.74) is -0.155. The molecule has 0 aliphatic heterocycles. The Bertz CT molecular complexity index is 891. The molecule has 0 saturated heterocycles. The maximum Gasteiger partial charge on any atom is 0.331 e. The van der Waals surface area contributed by atoms with Crippen molar-refractivity contribution in [3.8, 4) is 0 Å². The van der Waals surface area contributed by atoms with Gasteiger partial charge in [-0.3, -0.25) is 18.7 Å². The van der Waals surface area contributed by atoms with E-state index in [1.54, 1.807) is 22.8 Å². The molecule has 1 N–H and O–H groups in total. The van der Waals surface area contributed by atoms with Crippen molar-refractivity contribution in [3.05, 3.63) is 45.1 Å². The van der Waals surface area contributed by atoms with E-state index in [1.807, 2.05) is 6.07 Å². The lowest BCUT2D eigenvalue weighted by molar-refractivity contribution is -0.122. The van der Waals surface area contributed by atoms with E-state index < -0.39 is 11.2 Å². The quantitative estimate of drug-likeness (QED) is 0.863. The lowest BCUT2D eigenvalue weighted by atomic mass is 9.95. The number of nitrogens with zero attached hydrogens (tertiary/aromatic N) is 2. The van der Waals surface area contributed by atoms with Crippen molar-refractivity contribution in [3.63, 3.8) is 0 Å². The van der Waals surface area contributed by atoms with Gasteiger partial charge in [-0.1, -0.05) is 44.7 Å². The van der Waals surface area contributed by atoms with Gasteiger partial charge in [0.25, 0.3) is 5.56 Å². The smallest absolute Gasteiger partial charge is 0.331 e. The van der Waals surface area contributed by atoms with Gasteiger partial charge in [-0.2, -0.15) is 0 Å². The molecule has 6 heteroatoms. The van der Waals surface area contributed by atoms with Crippen LogP contribution in [0.1, 0.15) is 51.9 Å². The summed E-state index contributed by atoms with van der Waals surface area (Å²) in [4.78, 5) is 38.1. The minimum absolute atomic E-state index is 0.162. The number of para-hydroxylation sites is 1. The molecule has 1 heterocycles. The Morgan fingerprint density at radius 3 is 2.58 bits per heavy atom. The number of hydrogen-bond donors (Lipinski definition) is 1. The molecule has 1 amide bonds. The maximum atomic E-state index is 12.9. The van der Waals surface area contributed by atoms with Crippen molar-refractivity contribution in [1.29, 1.82) is 0 Å². The van der Waals surface area contributed by atoms with Gasteiger partial charge >= 0.3 is 5.69 Å². The summed E-state index contributed by atoms with van der Waals surface area (Å²) in [6, 6.07) is 7.28. The van der Waals surface area contributed by atoms with Gasteiger partial charge in [0.05, 0.1) is 10.9 Å². The molecule has 0 atom stereocenters. The lowest BCUT2D eigenvalue weighted by Gasteiger charge is -2.23. The molecule has 1 saturated carbocycles. The molecule has 1 aromatic carbocycles. The molecular formula is C20H27N3O3. The average molecular weight is 357 g/mol. The van der Waals surface area contributed by atoms with Crippen LogP contribution in [0.25, 0.3) is 10.9 Å². The van der Waals surface area contributed by atoms with Crippen LogP contribution in [-0.4, -0.2) is 21.1 Å². The first-order valence-electron chi connectivity index (χ1n) is 9.63. The molecule has 0 radical (unpaired) electrons. The first kappa shape index (κ1) is 18.4. The summed E-state index contributed by atoms with van der Waals surface area (Å²) < 4.78 is 2.70. The van der Waals surface area contributed by atoms with Gasteiger partial charge in [0.1, 0.15) is 6.54 Å². The fraction of sp³-hybridized carbons (Fsp3) is 0.550. The Morgan fingerprint density at radius 1 is 1.12 bits per heavy atom. The maximum absolute atomic E-state index is 12.9. The standard InChI is InChI=1S/C20H27N3O3/c1-2-3-13-22-17-12-8-7-11-16(17)19(25)23(20(22)26)14-18(24)21-15-9-5-4-6-10-15/h7-8,11-12,15H,2-6,9-10,13-14H2,1H3,(H,21,24). The molecule has 1 aromatic heterocycles. The van der Waals surface area contributed by atoms with Gasteiger partial charge in [0, 0.05) is 12.6 Å². The number of unbranched alkanes of at least 4 members (excludes halogenated alkanes) is 1. The normalized spacial score (nSPS) is 15.3. The molecule has 1 aliphatic carbocycles. The van der Waals surface area contributed by atoms with E-state index in [-0.39, 0.29) is 18.5 Å². The van der Waals surface area contributed by atoms with Crippen molar-refractivity contribution in [1.82, 2.24) is 14.5 Å². The van der Waals surface area contributed by atoms with E-state index in [0.717, 1.165) is 43.1 Å². The second-order valence-corrected chi connectivity index (χ2v) is 7.10. The van der Waals surface area contributed by atoms with Gasteiger partial charge in [-0.05, 0) is 31.4 Å². The molecule has 1 fully saturated rings. The number of amides is 1. The minimum Gasteiger partial charge on any atom is -0.352 e. The van der Waals surface area contributed by atoms with Crippen LogP contribution in [0.3, 0.4) is 0 Å². The number of hydrogen-bond acceptors (Lipinski definition) is 3. The molecule has 2 aromatic rings. The number of carbonyl (C=O) groups excluding carboxylic acids is 1. The number of fused-ring (bicyclic) bond motifs is 1.